The minimum atomic E-state index is -0.198. The molecular weight excluding hydrogens is 244 g/mol. The topological polar surface area (TPSA) is 94.0 Å². The lowest BCUT2D eigenvalue weighted by atomic mass is 10.1. The van der Waals surface area contributed by atoms with Crippen LogP contribution in [0.3, 0.4) is 0 Å². The molecule has 0 aliphatic heterocycles. The summed E-state index contributed by atoms with van der Waals surface area (Å²) in [7, 11) is 0. The monoisotopic (exact) mass is 258 g/mol. The number of benzene rings is 1. The molecule has 0 spiro atoms. The highest BCUT2D eigenvalue weighted by atomic mass is 16.4. The van der Waals surface area contributed by atoms with Crippen LogP contribution in [-0.4, -0.2) is 16.1 Å². The van der Waals surface area contributed by atoms with E-state index >= 15 is 0 Å². The number of nitrogens with two attached hydrogens (primary N) is 1. The van der Waals surface area contributed by atoms with Gasteiger partial charge in [0.2, 0.25) is 11.8 Å². The molecule has 6 heteroatoms. The van der Waals surface area contributed by atoms with Gasteiger partial charge >= 0.3 is 6.01 Å². The van der Waals surface area contributed by atoms with Crippen molar-refractivity contribution in [1.29, 1.82) is 0 Å². The van der Waals surface area contributed by atoms with Gasteiger partial charge in [-0.15, -0.1) is 5.10 Å². The van der Waals surface area contributed by atoms with Crippen molar-refractivity contribution in [1.82, 2.24) is 10.2 Å². The molecule has 0 radical (unpaired) electrons. The Morgan fingerprint density at radius 2 is 2.26 bits per heavy atom. The standard InChI is InChI=1S/C13H14N4O2/c14-10-3-1-2-8(6-10)7-11(18)15-13-17-16-12(19-13)9-4-5-9/h1-3,6,9H,4-5,7,14H2,(H,15,17,18). The summed E-state index contributed by atoms with van der Waals surface area (Å²) < 4.78 is 5.36. The molecular formula is C13H14N4O2. The number of anilines is 2. The summed E-state index contributed by atoms with van der Waals surface area (Å²) in [5, 5.41) is 10.3. The number of carbonyl (C=O) groups excluding carboxylic acids is 1. The van der Waals surface area contributed by atoms with Gasteiger partial charge in [0.15, 0.2) is 0 Å². The Bertz CT molecular complexity index is 604. The van der Waals surface area contributed by atoms with E-state index in [-0.39, 0.29) is 18.3 Å². The Kier molecular flexibility index (Phi) is 2.91. The number of amides is 1. The molecule has 0 bridgehead atoms. The fraction of sp³-hybridized carbons (Fsp3) is 0.308. The largest absolute Gasteiger partial charge is 0.408 e. The summed E-state index contributed by atoms with van der Waals surface area (Å²) in [4.78, 5) is 11.8. The minimum absolute atomic E-state index is 0.163. The van der Waals surface area contributed by atoms with Gasteiger partial charge in [-0.25, -0.2) is 0 Å². The van der Waals surface area contributed by atoms with E-state index in [1.54, 1.807) is 12.1 Å². The molecule has 1 aromatic heterocycles. The maximum atomic E-state index is 11.8. The average molecular weight is 258 g/mol. The molecule has 98 valence electrons. The second-order valence-corrected chi connectivity index (χ2v) is 4.69. The lowest BCUT2D eigenvalue weighted by Gasteiger charge is -2.02. The van der Waals surface area contributed by atoms with Gasteiger partial charge in [-0.3, -0.25) is 10.1 Å². The predicted octanol–water partition coefficient (Wildman–Crippen LogP) is 1.71. The third-order valence-corrected chi connectivity index (χ3v) is 2.93. The zero-order valence-corrected chi connectivity index (χ0v) is 10.3. The molecule has 1 saturated carbocycles. The minimum Gasteiger partial charge on any atom is -0.408 e. The van der Waals surface area contributed by atoms with Crippen LogP contribution in [0.4, 0.5) is 11.7 Å². The summed E-state index contributed by atoms with van der Waals surface area (Å²) in [6, 6.07) is 7.37. The smallest absolute Gasteiger partial charge is 0.322 e. The number of rotatable bonds is 4. The number of hydrogen-bond donors (Lipinski definition) is 2. The van der Waals surface area contributed by atoms with Crippen LogP contribution in [0.2, 0.25) is 0 Å². The molecule has 2 aromatic rings. The van der Waals surface area contributed by atoms with E-state index < -0.39 is 0 Å². The molecule has 0 saturated heterocycles. The van der Waals surface area contributed by atoms with Gasteiger partial charge in [-0.2, -0.15) is 0 Å². The van der Waals surface area contributed by atoms with E-state index in [0.29, 0.717) is 17.5 Å². The van der Waals surface area contributed by atoms with Crippen molar-refractivity contribution >= 4 is 17.6 Å². The number of nitrogens with zero attached hydrogens (tertiary/aromatic N) is 2. The van der Waals surface area contributed by atoms with E-state index in [1.165, 1.54) is 0 Å². The van der Waals surface area contributed by atoms with Crippen LogP contribution < -0.4 is 11.1 Å². The molecule has 1 fully saturated rings. The second kappa shape index (κ2) is 4.72. The van der Waals surface area contributed by atoms with Crippen molar-refractivity contribution in [2.75, 3.05) is 11.1 Å². The quantitative estimate of drug-likeness (QED) is 0.814. The van der Waals surface area contributed by atoms with Crippen molar-refractivity contribution in [2.24, 2.45) is 0 Å². The zero-order valence-electron chi connectivity index (χ0n) is 10.3. The second-order valence-electron chi connectivity index (χ2n) is 4.69. The summed E-state index contributed by atoms with van der Waals surface area (Å²) in [5.41, 5.74) is 7.14. The van der Waals surface area contributed by atoms with Crippen molar-refractivity contribution in [2.45, 2.75) is 25.2 Å². The van der Waals surface area contributed by atoms with Crippen molar-refractivity contribution < 1.29 is 9.21 Å². The van der Waals surface area contributed by atoms with Crippen molar-refractivity contribution in [3.63, 3.8) is 0 Å². The highest BCUT2D eigenvalue weighted by Crippen LogP contribution is 2.39. The molecule has 3 N–H and O–H groups in total. The number of carbonyl (C=O) groups is 1. The van der Waals surface area contributed by atoms with Crippen LogP contribution in [0.25, 0.3) is 0 Å². The Labute approximate surface area is 110 Å². The van der Waals surface area contributed by atoms with Gasteiger partial charge < -0.3 is 10.2 Å². The molecule has 3 rings (SSSR count). The summed E-state index contributed by atoms with van der Waals surface area (Å²) >= 11 is 0. The first kappa shape index (κ1) is 11.7. The SMILES string of the molecule is Nc1cccc(CC(=O)Nc2nnc(C3CC3)o2)c1. The lowest BCUT2D eigenvalue weighted by molar-refractivity contribution is -0.115. The highest BCUT2D eigenvalue weighted by molar-refractivity contribution is 5.90. The Balaban J connectivity index is 1.61. The number of hydrogen-bond acceptors (Lipinski definition) is 5. The Hall–Kier alpha value is -2.37. The van der Waals surface area contributed by atoms with Crippen LogP contribution in [0, 0.1) is 0 Å². The summed E-state index contributed by atoms with van der Waals surface area (Å²) in [6.07, 6.45) is 2.39. The maximum absolute atomic E-state index is 11.8. The van der Waals surface area contributed by atoms with Gasteiger partial charge in [0.05, 0.1) is 6.42 Å². The van der Waals surface area contributed by atoms with Crippen LogP contribution in [0.1, 0.15) is 30.2 Å². The zero-order chi connectivity index (χ0) is 13.2. The van der Waals surface area contributed by atoms with Gasteiger partial charge in [0, 0.05) is 11.6 Å². The Morgan fingerprint density at radius 3 is 3.00 bits per heavy atom. The molecule has 1 aliphatic carbocycles. The first-order valence-electron chi connectivity index (χ1n) is 6.18. The normalized spacial score (nSPS) is 14.3. The molecule has 1 aromatic carbocycles. The van der Waals surface area contributed by atoms with E-state index in [9.17, 15) is 4.79 Å². The number of nitrogens with one attached hydrogen (secondary N) is 1. The third kappa shape index (κ3) is 2.90. The molecule has 1 aliphatic rings. The fourth-order valence-electron chi connectivity index (χ4n) is 1.83. The molecule has 0 atom stereocenters. The molecule has 1 heterocycles. The maximum Gasteiger partial charge on any atom is 0.322 e. The van der Waals surface area contributed by atoms with Gasteiger partial charge in [-0.1, -0.05) is 17.2 Å². The van der Waals surface area contributed by atoms with Crippen molar-refractivity contribution in [3.05, 3.63) is 35.7 Å². The predicted molar refractivity (Wildman–Crippen MR) is 69.5 cm³/mol. The van der Waals surface area contributed by atoms with Crippen LogP contribution >= 0.6 is 0 Å². The van der Waals surface area contributed by atoms with Crippen LogP contribution in [0.5, 0.6) is 0 Å². The van der Waals surface area contributed by atoms with Gasteiger partial charge in [0.25, 0.3) is 0 Å². The van der Waals surface area contributed by atoms with E-state index in [4.69, 9.17) is 10.2 Å². The molecule has 1 amide bonds. The van der Waals surface area contributed by atoms with E-state index in [1.807, 2.05) is 12.1 Å². The first-order chi connectivity index (χ1) is 9.20. The average Bonchev–Trinajstić information content (AvgIpc) is 3.11. The molecule has 0 unspecified atom stereocenters. The van der Waals surface area contributed by atoms with Crippen molar-refractivity contribution in [3.8, 4) is 0 Å². The summed E-state index contributed by atoms with van der Waals surface area (Å²) in [5.74, 6) is 0.794. The third-order valence-electron chi connectivity index (χ3n) is 2.93. The number of nitrogen functional groups attached to an aromatic ring is 1. The Morgan fingerprint density at radius 1 is 1.42 bits per heavy atom. The highest BCUT2D eigenvalue weighted by Gasteiger charge is 2.29. The summed E-state index contributed by atoms with van der Waals surface area (Å²) in [6.45, 7) is 0. The first-order valence-corrected chi connectivity index (χ1v) is 6.18. The van der Waals surface area contributed by atoms with Gasteiger partial charge in [-0.05, 0) is 30.5 Å². The number of aromatic nitrogens is 2. The van der Waals surface area contributed by atoms with Crippen LogP contribution in [-0.2, 0) is 11.2 Å². The lowest BCUT2D eigenvalue weighted by Crippen LogP contribution is -2.14. The van der Waals surface area contributed by atoms with E-state index in [2.05, 4.69) is 15.5 Å². The van der Waals surface area contributed by atoms with Gasteiger partial charge in [0.1, 0.15) is 0 Å². The fourth-order valence-corrected chi connectivity index (χ4v) is 1.83. The van der Waals surface area contributed by atoms with Crippen LogP contribution in [0.15, 0.2) is 28.7 Å². The molecule has 19 heavy (non-hydrogen) atoms. The van der Waals surface area contributed by atoms with E-state index in [0.717, 1.165) is 18.4 Å². The molecule has 6 nitrogen and oxygen atoms in total.